The molecule has 3 nitrogen and oxygen atoms in total. The van der Waals surface area contributed by atoms with Crippen molar-refractivity contribution in [3.63, 3.8) is 0 Å². The number of benzene rings is 2. The van der Waals surface area contributed by atoms with Crippen molar-refractivity contribution < 1.29 is 9.84 Å². The number of para-hydroxylation sites is 1. The summed E-state index contributed by atoms with van der Waals surface area (Å²) in [6.45, 7) is 2.51. The smallest absolute Gasteiger partial charge is 0.156 e. The summed E-state index contributed by atoms with van der Waals surface area (Å²) in [4.78, 5) is 0. The summed E-state index contributed by atoms with van der Waals surface area (Å²) in [5.74, 6) is 0.399. The molecule has 0 amide bonds. The molecule has 0 aliphatic heterocycles. The highest BCUT2D eigenvalue weighted by molar-refractivity contribution is 6.37. The van der Waals surface area contributed by atoms with Crippen LogP contribution in [-0.2, 0) is 0 Å². The van der Waals surface area contributed by atoms with Crippen molar-refractivity contribution in [2.45, 2.75) is 13.0 Å². The third-order valence-electron chi connectivity index (χ3n) is 2.90. The van der Waals surface area contributed by atoms with Crippen molar-refractivity contribution in [2.24, 2.45) is 0 Å². The minimum atomic E-state index is -0.669. The minimum Gasteiger partial charge on any atom is -0.488 e. The van der Waals surface area contributed by atoms with Gasteiger partial charge >= 0.3 is 0 Å². The van der Waals surface area contributed by atoms with Crippen LogP contribution in [0.1, 0.15) is 5.56 Å². The number of anilines is 1. The molecule has 0 aliphatic rings. The van der Waals surface area contributed by atoms with Crippen LogP contribution in [0, 0.1) is 6.92 Å². The van der Waals surface area contributed by atoms with Crippen molar-refractivity contribution in [1.82, 2.24) is 0 Å². The maximum absolute atomic E-state index is 9.95. The molecular weight excluding hydrogens is 309 g/mol. The van der Waals surface area contributed by atoms with Gasteiger partial charge in [0.2, 0.25) is 0 Å². The Morgan fingerprint density at radius 2 is 1.81 bits per heavy atom. The molecule has 0 radical (unpaired) electrons. The summed E-state index contributed by atoms with van der Waals surface area (Å²) in [6, 6.07) is 13.1. The first kappa shape index (κ1) is 16.0. The Morgan fingerprint density at radius 1 is 1.14 bits per heavy atom. The average Bonchev–Trinajstić information content (AvgIpc) is 2.45. The van der Waals surface area contributed by atoms with Gasteiger partial charge in [0.15, 0.2) is 5.75 Å². The Hall–Kier alpha value is -1.42. The summed E-state index contributed by atoms with van der Waals surface area (Å²) in [7, 11) is 0. The lowest BCUT2D eigenvalue weighted by Gasteiger charge is -2.15. The Balaban J connectivity index is 1.84. The molecule has 0 saturated carbocycles. The fraction of sp³-hybridized carbons (Fsp3) is 0.250. The zero-order valence-corrected chi connectivity index (χ0v) is 13.2. The van der Waals surface area contributed by atoms with Crippen LogP contribution in [0.4, 0.5) is 5.69 Å². The fourth-order valence-electron chi connectivity index (χ4n) is 1.85. The minimum absolute atomic E-state index is 0.113. The van der Waals surface area contributed by atoms with Crippen molar-refractivity contribution >= 4 is 28.9 Å². The van der Waals surface area contributed by atoms with Crippen LogP contribution >= 0.6 is 23.2 Å². The number of aryl methyl sites for hydroxylation is 1. The second-order valence-electron chi connectivity index (χ2n) is 4.77. The molecule has 1 atom stereocenters. The molecule has 0 aliphatic carbocycles. The van der Waals surface area contributed by atoms with E-state index in [9.17, 15) is 5.11 Å². The number of aliphatic hydroxyl groups excluding tert-OH is 1. The lowest BCUT2D eigenvalue weighted by Crippen LogP contribution is -2.26. The van der Waals surface area contributed by atoms with E-state index in [1.54, 1.807) is 18.2 Å². The maximum Gasteiger partial charge on any atom is 0.156 e. The van der Waals surface area contributed by atoms with E-state index in [4.69, 9.17) is 27.9 Å². The molecule has 1 unspecified atom stereocenters. The van der Waals surface area contributed by atoms with Gasteiger partial charge < -0.3 is 15.2 Å². The van der Waals surface area contributed by atoms with Gasteiger partial charge in [0.1, 0.15) is 12.7 Å². The highest BCUT2D eigenvalue weighted by Gasteiger charge is 2.10. The number of hydrogen-bond donors (Lipinski definition) is 2. The molecule has 0 aromatic heterocycles. The topological polar surface area (TPSA) is 41.5 Å². The first-order valence-corrected chi connectivity index (χ1v) is 7.37. The molecule has 112 valence electrons. The third-order valence-corrected chi connectivity index (χ3v) is 3.49. The van der Waals surface area contributed by atoms with Crippen LogP contribution in [0.3, 0.4) is 0 Å². The molecule has 0 saturated heterocycles. The van der Waals surface area contributed by atoms with E-state index < -0.39 is 6.10 Å². The van der Waals surface area contributed by atoms with Gasteiger partial charge in [0.25, 0.3) is 0 Å². The van der Waals surface area contributed by atoms with Crippen LogP contribution in [0.15, 0.2) is 42.5 Å². The van der Waals surface area contributed by atoms with Gasteiger partial charge in [-0.3, -0.25) is 0 Å². The molecular formula is C16H17Cl2NO2. The van der Waals surface area contributed by atoms with Gasteiger partial charge in [-0.2, -0.15) is 0 Å². The molecule has 5 heteroatoms. The molecule has 0 bridgehead atoms. The largest absolute Gasteiger partial charge is 0.488 e. The molecule has 0 fully saturated rings. The molecule has 21 heavy (non-hydrogen) atoms. The second kappa shape index (κ2) is 7.55. The van der Waals surface area contributed by atoms with Crippen LogP contribution in [-0.4, -0.2) is 24.4 Å². The molecule has 0 heterocycles. The summed E-state index contributed by atoms with van der Waals surface area (Å²) in [5, 5.41) is 14.0. The quantitative estimate of drug-likeness (QED) is 0.838. The number of hydrogen-bond acceptors (Lipinski definition) is 3. The monoisotopic (exact) mass is 325 g/mol. The van der Waals surface area contributed by atoms with E-state index in [0.29, 0.717) is 22.3 Å². The third kappa shape index (κ3) is 4.81. The molecule has 2 rings (SSSR count). The van der Waals surface area contributed by atoms with Gasteiger partial charge in [-0.25, -0.2) is 0 Å². The summed E-state index contributed by atoms with van der Waals surface area (Å²) >= 11 is 12.0. The van der Waals surface area contributed by atoms with Crippen molar-refractivity contribution in [3.8, 4) is 5.75 Å². The average molecular weight is 326 g/mol. The van der Waals surface area contributed by atoms with E-state index in [1.165, 1.54) is 0 Å². The first-order chi connectivity index (χ1) is 10.1. The van der Waals surface area contributed by atoms with E-state index in [-0.39, 0.29) is 6.61 Å². The number of nitrogens with one attached hydrogen (secondary N) is 1. The van der Waals surface area contributed by atoms with E-state index in [2.05, 4.69) is 5.32 Å². The lowest BCUT2D eigenvalue weighted by molar-refractivity contribution is 0.117. The van der Waals surface area contributed by atoms with Gasteiger partial charge in [0, 0.05) is 12.2 Å². The first-order valence-electron chi connectivity index (χ1n) is 6.61. The molecule has 2 aromatic rings. The van der Waals surface area contributed by atoms with Gasteiger partial charge in [-0.05, 0) is 36.8 Å². The highest BCUT2D eigenvalue weighted by Crippen LogP contribution is 2.32. The Morgan fingerprint density at radius 3 is 2.48 bits per heavy atom. The number of rotatable bonds is 6. The second-order valence-corrected chi connectivity index (χ2v) is 5.58. The number of aliphatic hydroxyl groups is 1. The SMILES string of the molecule is Cc1cccc(NCC(O)COc2c(Cl)cccc2Cl)c1. The zero-order chi connectivity index (χ0) is 15.2. The molecule has 0 spiro atoms. The van der Waals surface area contributed by atoms with Crippen molar-refractivity contribution in [1.29, 1.82) is 0 Å². The standard InChI is InChI=1S/C16H17Cl2NO2/c1-11-4-2-5-12(8-11)19-9-13(20)10-21-16-14(17)6-3-7-15(16)18/h2-8,13,19-20H,9-10H2,1H3. The maximum atomic E-state index is 9.95. The van der Waals surface area contributed by atoms with Crippen LogP contribution in [0.25, 0.3) is 0 Å². The van der Waals surface area contributed by atoms with Crippen LogP contribution in [0.2, 0.25) is 10.0 Å². The van der Waals surface area contributed by atoms with Gasteiger partial charge in [-0.15, -0.1) is 0 Å². The Labute approximate surface area is 134 Å². The highest BCUT2D eigenvalue weighted by atomic mass is 35.5. The fourth-order valence-corrected chi connectivity index (χ4v) is 2.36. The van der Waals surface area contributed by atoms with Gasteiger partial charge in [0.05, 0.1) is 10.0 Å². The summed E-state index contributed by atoms with van der Waals surface area (Å²) in [5.41, 5.74) is 2.12. The summed E-state index contributed by atoms with van der Waals surface area (Å²) in [6.07, 6.45) is -0.669. The lowest BCUT2D eigenvalue weighted by atomic mass is 10.2. The van der Waals surface area contributed by atoms with Crippen LogP contribution in [0.5, 0.6) is 5.75 Å². The molecule has 2 N–H and O–H groups in total. The summed E-state index contributed by atoms with van der Waals surface area (Å²) < 4.78 is 5.49. The normalized spacial score (nSPS) is 12.0. The predicted molar refractivity (Wildman–Crippen MR) is 87.6 cm³/mol. The zero-order valence-electron chi connectivity index (χ0n) is 11.6. The predicted octanol–water partition coefficient (Wildman–Crippen LogP) is 4.15. The number of ether oxygens (including phenoxy) is 1. The van der Waals surface area contributed by atoms with Crippen molar-refractivity contribution in [3.05, 3.63) is 58.1 Å². The van der Waals surface area contributed by atoms with E-state index in [0.717, 1.165) is 11.3 Å². The van der Waals surface area contributed by atoms with Gasteiger partial charge in [-0.1, -0.05) is 41.4 Å². The number of halogens is 2. The molecule has 2 aromatic carbocycles. The van der Waals surface area contributed by atoms with E-state index >= 15 is 0 Å². The van der Waals surface area contributed by atoms with Crippen LogP contribution < -0.4 is 10.1 Å². The Kier molecular flexibility index (Phi) is 5.74. The Bertz CT molecular complexity index is 584. The van der Waals surface area contributed by atoms with Crippen molar-refractivity contribution in [2.75, 3.05) is 18.5 Å². The van der Waals surface area contributed by atoms with E-state index in [1.807, 2.05) is 31.2 Å².